The van der Waals surface area contributed by atoms with Crippen molar-refractivity contribution in [2.24, 2.45) is 0 Å². The van der Waals surface area contributed by atoms with Crippen molar-refractivity contribution in [1.29, 1.82) is 0 Å². The molecule has 0 bridgehead atoms. The molecule has 10 N–H and O–H groups in total. The first-order chi connectivity index (χ1) is 21.4. The fourth-order valence-corrected chi connectivity index (χ4v) is 5.04. The standard InChI is InChI=1S/C28H32O17/c1-40-13-4-9(2-3-12(13)42-27-23(38)21(36)18(33)15(7-29)43-27)25-26(20(35)17-11(32)5-10(31)6-14(17)41-25)45-28-24(39)22(37)19(34)16(8-30)44-28/h2-6,15-16,18-19,21-24,27-34,36-39H,7-8H2,1H3/t15-,16+,18+,19+,21+,22-,23+,24+,27-,28-/m1/s1. The lowest BCUT2D eigenvalue weighted by Gasteiger charge is -2.39. The largest absolute Gasteiger partial charge is 0.508 e. The minimum atomic E-state index is -1.91. The number of hydrogen-bond donors (Lipinski definition) is 10. The van der Waals surface area contributed by atoms with Gasteiger partial charge < -0.3 is 79.2 Å². The molecule has 2 fully saturated rings. The van der Waals surface area contributed by atoms with Crippen LogP contribution < -0.4 is 19.6 Å². The summed E-state index contributed by atoms with van der Waals surface area (Å²) < 4.78 is 33.4. The van der Waals surface area contributed by atoms with Crippen LogP contribution >= 0.6 is 0 Å². The van der Waals surface area contributed by atoms with Crippen LogP contribution in [-0.2, 0) is 9.47 Å². The number of phenols is 2. The predicted molar refractivity (Wildman–Crippen MR) is 147 cm³/mol. The van der Waals surface area contributed by atoms with Crippen LogP contribution in [0.3, 0.4) is 0 Å². The fourth-order valence-electron chi connectivity index (χ4n) is 5.04. The molecule has 2 aliphatic heterocycles. The van der Waals surface area contributed by atoms with Crippen LogP contribution in [0.1, 0.15) is 0 Å². The van der Waals surface area contributed by atoms with Gasteiger partial charge in [0.15, 0.2) is 17.3 Å². The molecule has 0 aliphatic carbocycles. The van der Waals surface area contributed by atoms with Crippen molar-refractivity contribution >= 4 is 11.0 Å². The average Bonchev–Trinajstić information content (AvgIpc) is 3.02. The van der Waals surface area contributed by atoms with E-state index in [-0.39, 0.29) is 28.4 Å². The number of rotatable bonds is 8. The number of phenolic OH excluding ortho intramolecular Hbond substituents is 2. The Kier molecular flexibility index (Phi) is 9.38. The summed E-state index contributed by atoms with van der Waals surface area (Å²) in [7, 11) is 1.25. The summed E-state index contributed by atoms with van der Waals surface area (Å²) in [5.74, 6) is -2.25. The van der Waals surface area contributed by atoms with Crippen molar-refractivity contribution in [3.05, 3.63) is 40.6 Å². The molecule has 0 saturated carbocycles. The summed E-state index contributed by atoms with van der Waals surface area (Å²) in [4.78, 5) is 13.7. The number of aromatic hydroxyl groups is 2. The number of aliphatic hydroxyl groups is 8. The van der Waals surface area contributed by atoms with Gasteiger partial charge >= 0.3 is 0 Å². The second-order valence-electron chi connectivity index (χ2n) is 10.4. The smallest absolute Gasteiger partial charge is 0.239 e. The van der Waals surface area contributed by atoms with Crippen molar-refractivity contribution < 1.29 is 79.2 Å². The van der Waals surface area contributed by atoms with Crippen molar-refractivity contribution in [1.82, 2.24) is 0 Å². The number of fused-ring (bicyclic) bond motifs is 1. The molecule has 5 rings (SSSR count). The second kappa shape index (κ2) is 12.9. The van der Waals surface area contributed by atoms with Gasteiger partial charge in [0, 0.05) is 17.7 Å². The minimum absolute atomic E-state index is 0.0504. The molecule has 2 saturated heterocycles. The predicted octanol–water partition coefficient (Wildman–Crippen LogP) is -2.76. The Labute approximate surface area is 252 Å². The molecule has 3 heterocycles. The van der Waals surface area contributed by atoms with Gasteiger partial charge in [-0.25, -0.2) is 0 Å². The highest BCUT2D eigenvalue weighted by molar-refractivity contribution is 5.88. The zero-order valence-electron chi connectivity index (χ0n) is 23.4. The van der Waals surface area contributed by atoms with Crippen LogP contribution in [0.5, 0.6) is 28.7 Å². The van der Waals surface area contributed by atoms with Gasteiger partial charge in [-0.3, -0.25) is 4.79 Å². The van der Waals surface area contributed by atoms with Gasteiger partial charge in [-0.2, -0.15) is 0 Å². The van der Waals surface area contributed by atoms with Crippen molar-refractivity contribution in [2.75, 3.05) is 20.3 Å². The molecule has 246 valence electrons. The number of ether oxygens (including phenoxy) is 5. The van der Waals surface area contributed by atoms with Crippen LogP contribution in [0, 0.1) is 0 Å². The average molecular weight is 641 g/mol. The van der Waals surface area contributed by atoms with Gasteiger partial charge in [0.2, 0.25) is 23.8 Å². The van der Waals surface area contributed by atoms with Crippen LogP contribution in [0.2, 0.25) is 0 Å². The zero-order chi connectivity index (χ0) is 32.7. The summed E-state index contributed by atoms with van der Waals surface area (Å²) in [5, 5.41) is 100. The van der Waals surface area contributed by atoms with E-state index in [1.54, 1.807) is 0 Å². The van der Waals surface area contributed by atoms with Gasteiger partial charge in [0.25, 0.3) is 0 Å². The molecule has 2 aliphatic rings. The lowest BCUT2D eigenvalue weighted by molar-refractivity contribution is -0.277. The Hall–Kier alpha value is -3.75. The van der Waals surface area contributed by atoms with Crippen molar-refractivity contribution in [3.8, 4) is 40.1 Å². The van der Waals surface area contributed by atoms with E-state index in [1.807, 2.05) is 0 Å². The van der Waals surface area contributed by atoms with E-state index in [4.69, 9.17) is 28.1 Å². The number of hydrogen-bond acceptors (Lipinski definition) is 17. The zero-order valence-corrected chi connectivity index (χ0v) is 23.4. The van der Waals surface area contributed by atoms with E-state index in [9.17, 15) is 55.9 Å². The molecule has 17 heteroatoms. The molecular weight excluding hydrogens is 608 g/mol. The van der Waals surface area contributed by atoms with E-state index in [0.29, 0.717) is 0 Å². The molecule has 0 spiro atoms. The van der Waals surface area contributed by atoms with E-state index in [1.165, 1.54) is 25.3 Å². The molecular formula is C28H32O17. The third-order valence-corrected chi connectivity index (χ3v) is 7.52. The highest BCUT2D eigenvalue weighted by Gasteiger charge is 2.46. The maximum absolute atomic E-state index is 13.7. The molecule has 0 amide bonds. The van der Waals surface area contributed by atoms with Crippen LogP contribution in [0.4, 0.5) is 0 Å². The van der Waals surface area contributed by atoms with Gasteiger partial charge in [-0.15, -0.1) is 0 Å². The lowest BCUT2D eigenvalue weighted by Crippen LogP contribution is -2.60. The van der Waals surface area contributed by atoms with Crippen LogP contribution in [0.25, 0.3) is 22.3 Å². The fraction of sp³-hybridized carbons (Fsp3) is 0.464. The maximum atomic E-state index is 13.7. The summed E-state index contributed by atoms with van der Waals surface area (Å²) in [6.07, 6.45) is -16.6. The summed E-state index contributed by atoms with van der Waals surface area (Å²) in [6.45, 7) is -1.47. The Morgan fingerprint density at radius 2 is 1.31 bits per heavy atom. The number of aliphatic hydroxyl groups excluding tert-OH is 8. The lowest BCUT2D eigenvalue weighted by atomic mass is 9.99. The van der Waals surface area contributed by atoms with E-state index < -0.39 is 103 Å². The minimum Gasteiger partial charge on any atom is -0.508 e. The maximum Gasteiger partial charge on any atom is 0.239 e. The first-order valence-electron chi connectivity index (χ1n) is 13.6. The monoisotopic (exact) mass is 640 g/mol. The molecule has 0 unspecified atom stereocenters. The van der Waals surface area contributed by atoms with Gasteiger partial charge in [-0.1, -0.05) is 0 Å². The van der Waals surface area contributed by atoms with Crippen LogP contribution in [-0.4, -0.2) is 133 Å². The molecule has 1 aromatic heterocycles. The SMILES string of the molecule is COc1cc(-c2oc3cc(O)cc(O)c3c(=O)c2O[C@H]2O[C@@H](CO)[C@H](O)[C@@H](O)[C@@H]2O)ccc1O[C@@H]1O[C@H](CO)[C@H](O)[C@H](O)[C@@H]1O. The summed E-state index contributed by atoms with van der Waals surface area (Å²) in [5.41, 5.74) is -1.23. The highest BCUT2D eigenvalue weighted by atomic mass is 16.7. The van der Waals surface area contributed by atoms with E-state index in [2.05, 4.69) is 0 Å². The van der Waals surface area contributed by atoms with Gasteiger partial charge in [-0.05, 0) is 18.2 Å². The number of methoxy groups -OCH3 is 1. The Bertz CT molecular complexity index is 1570. The molecule has 3 aromatic rings. The van der Waals surface area contributed by atoms with E-state index in [0.717, 1.165) is 12.1 Å². The first-order valence-corrected chi connectivity index (χ1v) is 13.6. The normalized spacial score (nSPS) is 31.9. The third-order valence-electron chi connectivity index (χ3n) is 7.52. The van der Waals surface area contributed by atoms with E-state index >= 15 is 0 Å². The molecule has 45 heavy (non-hydrogen) atoms. The highest BCUT2D eigenvalue weighted by Crippen LogP contribution is 2.40. The Morgan fingerprint density at radius 3 is 1.87 bits per heavy atom. The van der Waals surface area contributed by atoms with Crippen molar-refractivity contribution in [3.63, 3.8) is 0 Å². The van der Waals surface area contributed by atoms with Gasteiger partial charge in [0.1, 0.15) is 71.3 Å². The van der Waals surface area contributed by atoms with Crippen molar-refractivity contribution in [2.45, 2.75) is 61.4 Å². The molecule has 10 atom stereocenters. The Balaban J connectivity index is 1.58. The molecule has 0 radical (unpaired) electrons. The number of benzene rings is 2. The summed E-state index contributed by atoms with van der Waals surface area (Å²) in [6, 6.07) is 5.83. The molecule has 2 aromatic carbocycles. The van der Waals surface area contributed by atoms with Crippen LogP contribution in [0.15, 0.2) is 39.5 Å². The molecule has 17 nitrogen and oxygen atoms in total. The topological polar surface area (TPSA) is 279 Å². The first kappa shape index (κ1) is 32.6. The quantitative estimate of drug-likeness (QED) is 0.119. The third kappa shape index (κ3) is 5.98. The second-order valence-corrected chi connectivity index (χ2v) is 10.4. The summed E-state index contributed by atoms with van der Waals surface area (Å²) >= 11 is 0. The van der Waals surface area contributed by atoms with Gasteiger partial charge in [0.05, 0.1) is 20.3 Å². The Morgan fingerprint density at radius 1 is 0.733 bits per heavy atom.